The fraction of sp³-hybridized carbons (Fsp3) is 0.571. The van der Waals surface area contributed by atoms with Crippen LogP contribution < -0.4 is 10.6 Å². The first kappa shape index (κ1) is 11.5. The molecule has 2 rings (SSSR count). The number of nitrogens with zero attached hydrogens (tertiary/aromatic N) is 1. The molecular weight excluding hydrogens is 196 g/mol. The Morgan fingerprint density at radius 3 is 2.00 bits per heavy atom. The third-order valence-electron chi connectivity index (χ3n) is 4.20. The molecule has 88 valence electrons. The Morgan fingerprint density at radius 1 is 1.19 bits per heavy atom. The molecule has 0 radical (unpaired) electrons. The maximum absolute atomic E-state index is 5.96. The highest BCUT2D eigenvalue weighted by molar-refractivity contribution is 5.49. The molecule has 0 heterocycles. The van der Waals surface area contributed by atoms with E-state index in [1.807, 2.05) is 0 Å². The summed E-state index contributed by atoms with van der Waals surface area (Å²) in [6.45, 7) is 5.36. The van der Waals surface area contributed by atoms with Crippen molar-refractivity contribution in [3.05, 3.63) is 29.8 Å². The van der Waals surface area contributed by atoms with Crippen LogP contribution in [0.15, 0.2) is 24.3 Å². The molecule has 1 aromatic rings. The molecule has 1 aliphatic carbocycles. The number of nitrogens with two attached hydrogens (primary N) is 1. The van der Waals surface area contributed by atoms with Gasteiger partial charge in [0.1, 0.15) is 0 Å². The van der Waals surface area contributed by atoms with Crippen LogP contribution in [0.5, 0.6) is 0 Å². The zero-order valence-corrected chi connectivity index (χ0v) is 10.7. The lowest BCUT2D eigenvalue weighted by molar-refractivity contribution is 0.503. The molecule has 1 aromatic carbocycles. The summed E-state index contributed by atoms with van der Waals surface area (Å²) in [5.74, 6) is 0. The van der Waals surface area contributed by atoms with Gasteiger partial charge in [-0.3, -0.25) is 0 Å². The molecular formula is C14H22N2. The van der Waals surface area contributed by atoms with E-state index >= 15 is 0 Å². The molecule has 1 unspecified atom stereocenters. The van der Waals surface area contributed by atoms with E-state index in [0.29, 0.717) is 5.41 Å². The molecule has 1 fully saturated rings. The van der Waals surface area contributed by atoms with E-state index < -0.39 is 0 Å². The number of benzene rings is 1. The zero-order valence-electron chi connectivity index (χ0n) is 10.7. The highest BCUT2D eigenvalue weighted by Gasteiger charge is 2.60. The third-order valence-corrected chi connectivity index (χ3v) is 4.20. The van der Waals surface area contributed by atoms with Gasteiger partial charge in [0.25, 0.3) is 0 Å². The average molecular weight is 218 g/mol. The van der Waals surface area contributed by atoms with Crippen LogP contribution in [0.2, 0.25) is 0 Å². The van der Waals surface area contributed by atoms with Crippen molar-refractivity contribution >= 4 is 5.69 Å². The molecule has 0 bridgehead atoms. The van der Waals surface area contributed by atoms with Crippen molar-refractivity contribution in [2.75, 3.05) is 25.5 Å². The molecule has 1 atom stereocenters. The maximum Gasteiger partial charge on any atom is 0.0361 e. The minimum atomic E-state index is 0.220. The second-order valence-corrected chi connectivity index (χ2v) is 5.79. The monoisotopic (exact) mass is 218 g/mol. The molecule has 0 saturated heterocycles. The van der Waals surface area contributed by atoms with Gasteiger partial charge in [0, 0.05) is 31.7 Å². The average Bonchev–Trinajstić information content (AvgIpc) is 2.82. The number of hydrogen-bond donors (Lipinski definition) is 1. The van der Waals surface area contributed by atoms with Crippen molar-refractivity contribution in [1.82, 2.24) is 0 Å². The Hall–Kier alpha value is -1.02. The molecule has 16 heavy (non-hydrogen) atoms. The molecule has 0 amide bonds. The van der Waals surface area contributed by atoms with Gasteiger partial charge in [-0.25, -0.2) is 0 Å². The first-order valence-electron chi connectivity index (χ1n) is 5.91. The molecule has 2 heteroatoms. The van der Waals surface area contributed by atoms with Crippen LogP contribution in [0.1, 0.15) is 25.8 Å². The Morgan fingerprint density at radius 2 is 1.69 bits per heavy atom. The summed E-state index contributed by atoms with van der Waals surface area (Å²) in [4.78, 5) is 2.12. The molecule has 1 aliphatic rings. The molecule has 1 saturated carbocycles. The summed E-state index contributed by atoms with van der Waals surface area (Å²) < 4.78 is 0. The highest BCUT2D eigenvalue weighted by Crippen LogP contribution is 2.63. The quantitative estimate of drug-likeness (QED) is 0.844. The fourth-order valence-electron chi connectivity index (χ4n) is 2.75. The second kappa shape index (κ2) is 3.49. The predicted octanol–water partition coefficient (Wildman–Crippen LogP) is 2.38. The van der Waals surface area contributed by atoms with Crippen molar-refractivity contribution in [3.8, 4) is 0 Å². The molecule has 0 aromatic heterocycles. The van der Waals surface area contributed by atoms with E-state index in [0.717, 1.165) is 6.54 Å². The van der Waals surface area contributed by atoms with Gasteiger partial charge in [0.05, 0.1) is 0 Å². The third kappa shape index (κ3) is 1.52. The van der Waals surface area contributed by atoms with Gasteiger partial charge in [-0.15, -0.1) is 0 Å². The van der Waals surface area contributed by atoms with E-state index in [4.69, 9.17) is 5.73 Å². The van der Waals surface area contributed by atoms with Crippen LogP contribution >= 0.6 is 0 Å². The summed E-state index contributed by atoms with van der Waals surface area (Å²) in [5, 5.41) is 0. The van der Waals surface area contributed by atoms with Crippen LogP contribution in [0.25, 0.3) is 0 Å². The lowest BCUT2D eigenvalue weighted by Gasteiger charge is -2.20. The molecule has 2 nitrogen and oxygen atoms in total. The minimum absolute atomic E-state index is 0.220. The van der Waals surface area contributed by atoms with Crippen LogP contribution in [0.4, 0.5) is 5.69 Å². The standard InChI is InChI=1S/C14H22N2/c1-13(2)9-14(13,10-15)11-5-7-12(8-6-11)16(3)4/h5-8H,9-10,15H2,1-4H3. The Bertz CT molecular complexity index is 378. The molecule has 0 aliphatic heterocycles. The van der Waals surface area contributed by atoms with Crippen LogP contribution in [0.3, 0.4) is 0 Å². The minimum Gasteiger partial charge on any atom is -0.378 e. The van der Waals surface area contributed by atoms with E-state index in [2.05, 4.69) is 57.1 Å². The van der Waals surface area contributed by atoms with E-state index in [1.54, 1.807) is 0 Å². The zero-order chi connectivity index (χ0) is 12.0. The smallest absolute Gasteiger partial charge is 0.0361 e. The Kier molecular flexibility index (Phi) is 2.50. The van der Waals surface area contributed by atoms with Gasteiger partial charge >= 0.3 is 0 Å². The van der Waals surface area contributed by atoms with Crippen LogP contribution in [-0.4, -0.2) is 20.6 Å². The lowest BCUT2D eigenvalue weighted by atomic mass is 9.88. The number of hydrogen-bond acceptors (Lipinski definition) is 2. The topological polar surface area (TPSA) is 29.3 Å². The summed E-state index contributed by atoms with van der Waals surface area (Å²) in [5.41, 5.74) is 9.19. The summed E-state index contributed by atoms with van der Waals surface area (Å²) in [6.07, 6.45) is 1.21. The summed E-state index contributed by atoms with van der Waals surface area (Å²) in [6, 6.07) is 8.83. The fourth-order valence-corrected chi connectivity index (χ4v) is 2.75. The second-order valence-electron chi connectivity index (χ2n) is 5.79. The van der Waals surface area contributed by atoms with Gasteiger partial charge < -0.3 is 10.6 Å². The normalized spacial score (nSPS) is 26.6. The van der Waals surface area contributed by atoms with Gasteiger partial charge in [0.15, 0.2) is 0 Å². The van der Waals surface area contributed by atoms with Gasteiger partial charge in [-0.1, -0.05) is 26.0 Å². The van der Waals surface area contributed by atoms with Crippen molar-refractivity contribution in [2.45, 2.75) is 25.7 Å². The first-order valence-corrected chi connectivity index (χ1v) is 5.91. The van der Waals surface area contributed by atoms with Crippen molar-refractivity contribution in [2.24, 2.45) is 11.1 Å². The molecule has 2 N–H and O–H groups in total. The maximum atomic E-state index is 5.96. The summed E-state index contributed by atoms with van der Waals surface area (Å²) in [7, 11) is 4.13. The summed E-state index contributed by atoms with van der Waals surface area (Å²) >= 11 is 0. The van der Waals surface area contributed by atoms with Crippen LogP contribution in [0, 0.1) is 5.41 Å². The highest BCUT2D eigenvalue weighted by atomic mass is 15.1. The lowest BCUT2D eigenvalue weighted by Crippen LogP contribution is -2.25. The SMILES string of the molecule is CN(C)c1ccc(C2(CN)CC2(C)C)cc1. The first-order chi connectivity index (χ1) is 7.43. The largest absolute Gasteiger partial charge is 0.378 e. The van der Waals surface area contributed by atoms with Crippen molar-refractivity contribution < 1.29 is 0 Å². The van der Waals surface area contributed by atoms with E-state index in [-0.39, 0.29) is 5.41 Å². The Balaban J connectivity index is 2.29. The number of rotatable bonds is 3. The Labute approximate surface area is 98.4 Å². The predicted molar refractivity (Wildman–Crippen MR) is 69.9 cm³/mol. The van der Waals surface area contributed by atoms with Crippen molar-refractivity contribution in [3.63, 3.8) is 0 Å². The molecule has 0 spiro atoms. The van der Waals surface area contributed by atoms with Gasteiger partial charge in [-0.2, -0.15) is 0 Å². The van der Waals surface area contributed by atoms with Gasteiger partial charge in [0.2, 0.25) is 0 Å². The van der Waals surface area contributed by atoms with Crippen LogP contribution in [-0.2, 0) is 5.41 Å². The van der Waals surface area contributed by atoms with E-state index in [1.165, 1.54) is 17.7 Å². The van der Waals surface area contributed by atoms with Gasteiger partial charge in [-0.05, 0) is 29.5 Å². The van der Waals surface area contributed by atoms with E-state index in [9.17, 15) is 0 Å². The number of anilines is 1. The van der Waals surface area contributed by atoms with Crippen molar-refractivity contribution in [1.29, 1.82) is 0 Å².